The predicted molar refractivity (Wildman–Crippen MR) is 68.2 cm³/mol. The molecule has 1 aliphatic carbocycles. The Morgan fingerprint density at radius 3 is 2.21 bits per heavy atom. The summed E-state index contributed by atoms with van der Waals surface area (Å²) >= 11 is 0. The molecule has 1 aliphatic heterocycles. The van der Waals surface area contributed by atoms with Gasteiger partial charge in [0.15, 0.2) is 0 Å². The number of rotatable bonds is 6. The van der Waals surface area contributed by atoms with Gasteiger partial charge in [0.25, 0.3) is 0 Å². The van der Waals surface area contributed by atoms with E-state index in [1.54, 1.807) is 0 Å². The Balaban J connectivity index is 1.80. The number of imide groups is 1. The number of carbonyl (C=O) groups excluding carboxylic acids is 2. The molecule has 2 amide bonds. The van der Waals surface area contributed by atoms with Gasteiger partial charge in [0.1, 0.15) is 0 Å². The Morgan fingerprint density at radius 1 is 1.11 bits per heavy atom. The van der Waals surface area contributed by atoms with Gasteiger partial charge in [-0.05, 0) is 25.7 Å². The van der Waals surface area contributed by atoms with Gasteiger partial charge in [-0.1, -0.05) is 18.6 Å². The van der Waals surface area contributed by atoms with Crippen LogP contribution in [0.15, 0.2) is 12.2 Å². The van der Waals surface area contributed by atoms with Gasteiger partial charge in [0, 0.05) is 13.0 Å². The lowest BCUT2D eigenvalue weighted by Gasteiger charge is -2.14. The fourth-order valence-corrected chi connectivity index (χ4v) is 2.81. The van der Waals surface area contributed by atoms with Crippen molar-refractivity contribution in [3.8, 4) is 0 Å². The number of amides is 2. The molecular weight excluding hydrogens is 246 g/mol. The molecule has 0 aromatic heterocycles. The van der Waals surface area contributed by atoms with Crippen LogP contribution in [0, 0.1) is 11.8 Å². The summed E-state index contributed by atoms with van der Waals surface area (Å²) in [7, 11) is 0. The number of fused-ring (bicyclic) bond motifs is 1. The van der Waals surface area contributed by atoms with Crippen molar-refractivity contribution in [2.75, 3.05) is 6.54 Å². The number of nitrogens with zero attached hydrogens (tertiary/aromatic N) is 1. The van der Waals surface area contributed by atoms with Crippen LogP contribution in [0.1, 0.15) is 38.5 Å². The van der Waals surface area contributed by atoms with E-state index in [4.69, 9.17) is 5.11 Å². The third-order valence-corrected chi connectivity index (χ3v) is 3.87. The lowest BCUT2D eigenvalue weighted by atomic mass is 9.85. The van der Waals surface area contributed by atoms with Gasteiger partial charge in [-0.3, -0.25) is 19.3 Å². The van der Waals surface area contributed by atoms with Crippen LogP contribution in [0.2, 0.25) is 0 Å². The maximum Gasteiger partial charge on any atom is 0.303 e. The molecule has 2 aliphatic rings. The molecule has 5 heteroatoms. The zero-order valence-electron chi connectivity index (χ0n) is 10.9. The number of carbonyl (C=O) groups is 3. The molecule has 2 rings (SSSR count). The number of likely N-dealkylation sites (tertiary alicyclic amines) is 1. The Bertz CT molecular complexity index is 390. The minimum Gasteiger partial charge on any atom is -0.481 e. The molecule has 0 aromatic carbocycles. The summed E-state index contributed by atoms with van der Waals surface area (Å²) in [6, 6.07) is 0. The highest BCUT2D eigenvalue weighted by molar-refractivity contribution is 6.05. The van der Waals surface area contributed by atoms with Gasteiger partial charge in [0.05, 0.1) is 11.8 Å². The van der Waals surface area contributed by atoms with Crippen molar-refractivity contribution >= 4 is 17.8 Å². The minimum atomic E-state index is -0.801. The lowest BCUT2D eigenvalue weighted by molar-refractivity contribution is -0.140. The Kier molecular flexibility index (Phi) is 4.35. The van der Waals surface area contributed by atoms with Crippen LogP contribution in [-0.2, 0) is 14.4 Å². The molecule has 0 unspecified atom stereocenters. The minimum absolute atomic E-state index is 0.0439. The number of allylic oxidation sites excluding steroid dienone is 2. The van der Waals surface area contributed by atoms with Crippen LogP contribution in [0.5, 0.6) is 0 Å². The number of carboxylic acid groups (broad SMARTS) is 1. The van der Waals surface area contributed by atoms with Crippen molar-refractivity contribution in [2.45, 2.75) is 38.5 Å². The molecule has 0 radical (unpaired) electrons. The van der Waals surface area contributed by atoms with Crippen LogP contribution in [0.3, 0.4) is 0 Å². The Hall–Kier alpha value is -1.65. The van der Waals surface area contributed by atoms with Gasteiger partial charge in [-0.15, -0.1) is 0 Å². The largest absolute Gasteiger partial charge is 0.481 e. The van der Waals surface area contributed by atoms with E-state index in [1.807, 2.05) is 12.2 Å². The smallest absolute Gasteiger partial charge is 0.303 e. The molecule has 5 nitrogen and oxygen atoms in total. The molecule has 104 valence electrons. The SMILES string of the molecule is O=C(O)CCCCCN1C(=O)[C@@H]2CC=CC[C@H]2C1=O. The first kappa shape index (κ1) is 13.8. The molecule has 1 heterocycles. The van der Waals surface area contributed by atoms with E-state index in [9.17, 15) is 14.4 Å². The molecule has 1 N–H and O–H groups in total. The fraction of sp³-hybridized carbons (Fsp3) is 0.643. The third-order valence-electron chi connectivity index (χ3n) is 3.87. The quantitative estimate of drug-likeness (QED) is 0.449. The Morgan fingerprint density at radius 2 is 1.68 bits per heavy atom. The molecule has 0 saturated carbocycles. The van der Waals surface area contributed by atoms with E-state index in [2.05, 4.69) is 0 Å². The first-order valence-electron chi connectivity index (χ1n) is 6.83. The first-order valence-corrected chi connectivity index (χ1v) is 6.83. The summed E-state index contributed by atoms with van der Waals surface area (Å²) in [6.07, 6.45) is 7.46. The lowest BCUT2D eigenvalue weighted by Crippen LogP contribution is -2.32. The number of hydrogen-bond acceptors (Lipinski definition) is 3. The van der Waals surface area contributed by atoms with Crippen molar-refractivity contribution in [3.05, 3.63) is 12.2 Å². The van der Waals surface area contributed by atoms with E-state index in [1.165, 1.54) is 4.90 Å². The third kappa shape index (κ3) is 3.03. The Labute approximate surface area is 112 Å². The van der Waals surface area contributed by atoms with Gasteiger partial charge >= 0.3 is 5.97 Å². The van der Waals surface area contributed by atoms with E-state index in [-0.39, 0.29) is 30.1 Å². The maximum atomic E-state index is 12.1. The second-order valence-electron chi connectivity index (χ2n) is 5.19. The number of hydrogen-bond donors (Lipinski definition) is 1. The monoisotopic (exact) mass is 265 g/mol. The zero-order chi connectivity index (χ0) is 13.8. The summed E-state index contributed by atoms with van der Waals surface area (Å²) < 4.78 is 0. The zero-order valence-corrected chi connectivity index (χ0v) is 10.9. The van der Waals surface area contributed by atoms with E-state index in [0.717, 1.165) is 6.42 Å². The van der Waals surface area contributed by atoms with E-state index >= 15 is 0 Å². The first-order chi connectivity index (χ1) is 9.11. The van der Waals surface area contributed by atoms with E-state index < -0.39 is 5.97 Å². The van der Waals surface area contributed by atoms with Gasteiger partial charge in [0.2, 0.25) is 11.8 Å². The average Bonchev–Trinajstić information content (AvgIpc) is 2.63. The second kappa shape index (κ2) is 5.99. The molecule has 0 spiro atoms. The van der Waals surface area contributed by atoms with Crippen molar-refractivity contribution < 1.29 is 19.5 Å². The van der Waals surface area contributed by atoms with Crippen molar-refractivity contribution in [1.29, 1.82) is 0 Å². The van der Waals surface area contributed by atoms with Gasteiger partial charge in [-0.25, -0.2) is 0 Å². The molecule has 19 heavy (non-hydrogen) atoms. The topological polar surface area (TPSA) is 74.7 Å². The molecule has 0 bridgehead atoms. The van der Waals surface area contributed by atoms with Crippen LogP contribution < -0.4 is 0 Å². The molecule has 1 fully saturated rings. The van der Waals surface area contributed by atoms with Crippen LogP contribution in [-0.4, -0.2) is 34.3 Å². The maximum absolute atomic E-state index is 12.1. The highest BCUT2D eigenvalue weighted by Crippen LogP contribution is 2.35. The van der Waals surface area contributed by atoms with E-state index in [0.29, 0.717) is 32.2 Å². The molecule has 2 atom stereocenters. The summed E-state index contributed by atoms with van der Waals surface area (Å²) in [5, 5.41) is 8.52. The predicted octanol–water partition coefficient (Wildman–Crippen LogP) is 1.58. The number of unbranched alkanes of at least 4 members (excludes halogenated alkanes) is 2. The standard InChI is InChI=1S/C14H19NO4/c16-12(17)8-2-1-5-9-15-13(18)10-6-3-4-7-11(10)14(15)19/h3-4,10-11H,1-2,5-9H2,(H,16,17)/t10-,11-/m1/s1. The second-order valence-corrected chi connectivity index (χ2v) is 5.19. The van der Waals surface area contributed by atoms with Crippen LogP contribution >= 0.6 is 0 Å². The summed E-state index contributed by atoms with van der Waals surface area (Å²) in [6.45, 7) is 0.435. The van der Waals surface area contributed by atoms with Gasteiger partial charge in [-0.2, -0.15) is 0 Å². The summed E-state index contributed by atoms with van der Waals surface area (Å²) in [4.78, 5) is 35.9. The highest BCUT2D eigenvalue weighted by Gasteiger charge is 2.46. The van der Waals surface area contributed by atoms with Crippen molar-refractivity contribution in [2.24, 2.45) is 11.8 Å². The van der Waals surface area contributed by atoms with Crippen molar-refractivity contribution in [3.63, 3.8) is 0 Å². The summed E-state index contributed by atoms with van der Waals surface area (Å²) in [5.74, 6) is -1.20. The average molecular weight is 265 g/mol. The van der Waals surface area contributed by atoms with Crippen LogP contribution in [0.25, 0.3) is 0 Å². The number of aliphatic carboxylic acids is 1. The molecule has 0 aromatic rings. The summed E-state index contributed by atoms with van der Waals surface area (Å²) in [5.41, 5.74) is 0. The fourth-order valence-electron chi connectivity index (χ4n) is 2.81. The molecule has 1 saturated heterocycles. The van der Waals surface area contributed by atoms with Crippen LogP contribution in [0.4, 0.5) is 0 Å². The highest BCUT2D eigenvalue weighted by atomic mass is 16.4. The van der Waals surface area contributed by atoms with Gasteiger partial charge < -0.3 is 5.11 Å². The number of carboxylic acids is 1. The normalized spacial score (nSPS) is 25.8. The molecular formula is C14H19NO4. The van der Waals surface area contributed by atoms with Crippen molar-refractivity contribution in [1.82, 2.24) is 4.90 Å².